The molecule has 1 aliphatic heterocycles. The third-order valence-corrected chi connectivity index (χ3v) is 5.66. The number of nitriles is 1. The standard InChI is InChI=1S/C21H26N4O3/c1-12(2)28-21(27)24-14-8-16-15-7-13(10-22)3-4-18(15)25(19(16)9-14)11-17-20(26)5-6-23-17/h3-4,7,12,14,17,20,23,26H,5-6,8-9,11H2,1-2H3,(H,24,27)/t14?,17-,20-/m1/s1. The maximum absolute atomic E-state index is 12.0. The molecule has 1 aliphatic carbocycles. The zero-order valence-electron chi connectivity index (χ0n) is 16.2. The van der Waals surface area contributed by atoms with E-state index in [1.54, 1.807) is 0 Å². The molecule has 4 rings (SSSR count). The number of benzene rings is 1. The van der Waals surface area contributed by atoms with Gasteiger partial charge in [0.2, 0.25) is 0 Å². The van der Waals surface area contributed by atoms with Gasteiger partial charge in [0.15, 0.2) is 0 Å². The summed E-state index contributed by atoms with van der Waals surface area (Å²) in [7, 11) is 0. The number of aliphatic hydroxyl groups is 1. The number of amides is 1. The summed E-state index contributed by atoms with van der Waals surface area (Å²) in [6.45, 7) is 5.14. The molecule has 0 saturated carbocycles. The van der Waals surface area contributed by atoms with E-state index in [1.165, 1.54) is 11.3 Å². The number of aromatic nitrogens is 1. The summed E-state index contributed by atoms with van der Waals surface area (Å²) in [5.74, 6) is 0. The number of nitrogens with one attached hydrogen (secondary N) is 2. The van der Waals surface area contributed by atoms with E-state index in [-0.39, 0.29) is 24.3 Å². The summed E-state index contributed by atoms with van der Waals surface area (Å²) in [6, 6.07) is 7.95. The van der Waals surface area contributed by atoms with Crippen LogP contribution in [0.2, 0.25) is 0 Å². The number of nitrogens with zero attached hydrogens (tertiary/aromatic N) is 2. The van der Waals surface area contributed by atoms with Gasteiger partial charge in [-0.3, -0.25) is 0 Å². The van der Waals surface area contributed by atoms with E-state index < -0.39 is 6.09 Å². The van der Waals surface area contributed by atoms with Crippen LogP contribution < -0.4 is 10.6 Å². The second-order valence-corrected chi connectivity index (χ2v) is 8.00. The lowest BCUT2D eigenvalue weighted by molar-refractivity contribution is 0.112. The van der Waals surface area contributed by atoms with Gasteiger partial charge in [0.05, 0.1) is 29.9 Å². The molecule has 7 heteroatoms. The SMILES string of the molecule is CC(C)OC(=O)NC1Cc2c(n(C[C@H]3NCC[C@H]3O)c3ccc(C#N)cc23)C1. The first-order valence-electron chi connectivity index (χ1n) is 9.89. The van der Waals surface area contributed by atoms with Crippen molar-refractivity contribution in [2.24, 2.45) is 0 Å². The lowest BCUT2D eigenvalue weighted by atomic mass is 10.1. The monoisotopic (exact) mass is 382 g/mol. The fourth-order valence-corrected chi connectivity index (χ4v) is 4.42. The van der Waals surface area contributed by atoms with Gasteiger partial charge in [-0.2, -0.15) is 5.26 Å². The maximum atomic E-state index is 12.0. The molecule has 1 aromatic carbocycles. The lowest BCUT2D eigenvalue weighted by Gasteiger charge is -2.20. The molecule has 0 spiro atoms. The van der Waals surface area contributed by atoms with Crippen LogP contribution in [0.4, 0.5) is 4.79 Å². The first kappa shape index (κ1) is 18.8. The van der Waals surface area contributed by atoms with Crippen LogP contribution in [0.15, 0.2) is 18.2 Å². The molecule has 148 valence electrons. The Morgan fingerprint density at radius 2 is 2.29 bits per heavy atom. The van der Waals surface area contributed by atoms with Gasteiger partial charge in [0.1, 0.15) is 0 Å². The van der Waals surface area contributed by atoms with Crippen molar-refractivity contribution in [3.05, 3.63) is 35.0 Å². The molecule has 1 unspecified atom stereocenters. The number of fused-ring (bicyclic) bond motifs is 3. The summed E-state index contributed by atoms with van der Waals surface area (Å²) >= 11 is 0. The highest BCUT2D eigenvalue weighted by Gasteiger charge is 2.32. The van der Waals surface area contributed by atoms with Gasteiger partial charge in [-0.15, -0.1) is 0 Å². The third-order valence-electron chi connectivity index (χ3n) is 5.66. The fraction of sp³-hybridized carbons (Fsp3) is 0.524. The lowest BCUT2D eigenvalue weighted by Crippen LogP contribution is -2.38. The van der Waals surface area contributed by atoms with E-state index in [2.05, 4.69) is 21.3 Å². The Hall–Kier alpha value is -2.56. The number of carbonyl (C=O) groups is 1. The Kier molecular flexibility index (Phi) is 5.00. The third kappa shape index (κ3) is 3.46. The molecule has 7 nitrogen and oxygen atoms in total. The van der Waals surface area contributed by atoms with E-state index in [1.807, 2.05) is 32.0 Å². The van der Waals surface area contributed by atoms with Crippen LogP contribution >= 0.6 is 0 Å². The number of rotatable bonds is 4. The van der Waals surface area contributed by atoms with Crippen LogP contribution in [0.1, 0.15) is 37.1 Å². The Bertz CT molecular complexity index is 943. The Morgan fingerprint density at radius 3 is 2.96 bits per heavy atom. The average Bonchev–Trinajstić information content (AvgIpc) is 3.30. The second-order valence-electron chi connectivity index (χ2n) is 8.00. The van der Waals surface area contributed by atoms with Crippen LogP contribution in [0.25, 0.3) is 10.9 Å². The van der Waals surface area contributed by atoms with Gasteiger partial charge < -0.3 is 25.0 Å². The number of carbonyl (C=O) groups excluding carboxylic acids is 1. The van der Waals surface area contributed by atoms with Crippen molar-refractivity contribution in [1.82, 2.24) is 15.2 Å². The zero-order valence-corrected chi connectivity index (χ0v) is 16.2. The quantitative estimate of drug-likeness (QED) is 0.749. The maximum Gasteiger partial charge on any atom is 0.407 e. The first-order chi connectivity index (χ1) is 13.5. The summed E-state index contributed by atoms with van der Waals surface area (Å²) < 4.78 is 7.46. The highest BCUT2D eigenvalue weighted by Crippen LogP contribution is 2.34. The zero-order chi connectivity index (χ0) is 19.8. The van der Waals surface area contributed by atoms with E-state index in [0.717, 1.165) is 23.9 Å². The summed E-state index contributed by atoms with van der Waals surface area (Å²) in [6.07, 6.45) is 1.26. The molecule has 0 bridgehead atoms. The number of hydrogen-bond donors (Lipinski definition) is 3. The molecule has 1 amide bonds. The van der Waals surface area contributed by atoms with Crippen molar-refractivity contribution in [2.45, 2.75) is 63.9 Å². The Morgan fingerprint density at radius 1 is 1.46 bits per heavy atom. The Labute approximate surface area is 164 Å². The highest BCUT2D eigenvalue weighted by molar-refractivity contribution is 5.88. The highest BCUT2D eigenvalue weighted by atomic mass is 16.6. The van der Waals surface area contributed by atoms with E-state index in [4.69, 9.17) is 4.74 Å². The molecule has 2 heterocycles. The van der Waals surface area contributed by atoms with Crippen LogP contribution in [0.3, 0.4) is 0 Å². The van der Waals surface area contributed by atoms with Gasteiger partial charge in [-0.05, 0) is 57.0 Å². The summed E-state index contributed by atoms with van der Waals surface area (Å²) in [4.78, 5) is 12.0. The molecule has 2 aromatic rings. The van der Waals surface area contributed by atoms with E-state index >= 15 is 0 Å². The van der Waals surface area contributed by atoms with Crippen molar-refractivity contribution in [1.29, 1.82) is 5.26 Å². The largest absolute Gasteiger partial charge is 0.447 e. The first-order valence-corrected chi connectivity index (χ1v) is 9.89. The predicted molar refractivity (Wildman–Crippen MR) is 105 cm³/mol. The summed E-state index contributed by atoms with van der Waals surface area (Å²) in [5, 5.41) is 26.9. The van der Waals surface area contributed by atoms with Gasteiger partial charge in [-0.25, -0.2) is 4.79 Å². The fourth-order valence-electron chi connectivity index (χ4n) is 4.42. The molecule has 1 aromatic heterocycles. The van der Waals surface area contributed by atoms with Crippen LogP contribution in [0.5, 0.6) is 0 Å². The van der Waals surface area contributed by atoms with Crippen LogP contribution in [-0.4, -0.2) is 46.6 Å². The predicted octanol–water partition coefficient (Wildman–Crippen LogP) is 1.84. The average molecular weight is 382 g/mol. The number of alkyl carbamates (subject to hydrolysis) is 1. The molecule has 3 atom stereocenters. The van der Waals surface area contributed by atoms with Gasteiger partial charge in [0, 0.05) is 35.6 Å². The van der Waals surface area contributed by atoms with Gasteiger partial charge in [0.25, 0.3) is 0 Å². The minimum Gasteiger partial charge on any atom is -0.447 e. The smallest absolute Gasteiger partial charge is 0.407 e. The minimum absolute atomic E-state index is 0.00765. The molecular weight excluding hydrogens is 356 g/mol. The molecule has 2 aliphatic rings. The molecule has 28 heavy (non-hydrogen) atoms. The van der Waals surface area contributed by atoms with Crippen molar-refractivity contribution in [3.8, 4) is 6.07 Å². The van der Waals surface area contributed by atoms with Crippen LogP contribution in [-0.2, 0) is 24.1 Å². The van der Waals surface area contributed by atoms with Crippen molar-refractivity contribution >= 4 is 17.0 Å². The number of hydrogen-bond acceptors (Lipinski definition) is 5. The number of ether oxygens (including phenoxy) is 1. The van der Waals surface area contributed by atoms with E-state index in [0.29, 0.717) is 24.9 Å². The molecule has 3 N–H and O–H groups in total. The molecule has 0 radical (unpaired) electrons. The van der Waals surface area contributed by atoms with Gasteiger partial charge >= 0.3 is 6.09 Å². The number of aliphatic hydroxyl groups excluding tert-OH is 1. The van der Waals surface area contributed by atoms with Crippen molar-refractivity contribution in [3.63, 3.8) is 0 Å². The molecule has 1 fully saturated rings. The molecular formula is C21H26N4O3. The van der Waals surface area contributed by atoms with E-state index in [9.17, 15) is 15.2 Å². The topological polar surface area (TPSA) is 99.3 Å². The molecule has 1 saturated heterocycles. The van der Waals surface area contributed by atoms with Crippen molar-refractivity contribution in [2.75, 3.05) is 6.54 Å². The van der Waals surface area contributed by atoms with Crippen molar-refractivity contribution < 1.29 is 14.6 Å². The second kappa shape index (κ2) is 7.46. The summed E-state index contributed by atoms with van der Waals surface area (Å²) in [5.41, 5.74) is 4.05. The normalized spacial score (nSPS) is 23.8. The minimum atomic E-state index is -0.397. The van der Waals surface area contributed by atoms with Gasteiger partial charge in [-0.1, -0.05) is 0 Å². The van der Waals surface area contributed by atoms with Crippen LogP contribution in [0, 0.1) is 11.3 Å². The Balaban J connectivity index is 1.65.